The summed E-state index contributed by atoms with van der Waals surface area (Å²) in [6.07, 6.45) is 7.19. The molecule has 0 unspecified atom stereocenters. The van der Waals surface area contributed by atoms with Crippen molar-refractivity contribution in [1.29, 1.82) is 0 Å². The van der Waals surface area contributed by atoms with Crippen LogP contribution in [0.3, 0.4) is 0 Å². The van der Waals surface area contributed by atoms with Crippen LogP contribution in [0.15, 0.2) is 35.4 Å². The maximum atomic E-state index is 12.5. The highest BCUT2D eigenvalue weighted by Gasteiger charge is 2.28. The zero-order chi connectivity index (χ0) is 23.2. The Kier molecular flexibility index (Phi) is 7.54. The van der Waals surface area contributed by atoms with Crippen molar-refractivity contribution in [3.63, 3.8) is 0 Å². The monoisotopic (exact) mass is 467 g/mol. The number of anilines is 1. The molecule has 0 atom stereocenters. The van der Waals surface area contributed by atoms with Crippen molar-refractivity contribution in [1.82, 2.24) is 5.43 Å². The van der Waals surface area contributed by atoms with Crippen LogP contribution < -0.4 is 10.7 Å². The quantitative estimate of drug-likeness (QED) is 0.382. The average molecular weight is 468 g/mol. The van der Waals surface area contributed by atoms with Crippen molar-refractivity contribution in [2.45, 2.75) is 64.2 Å². The number of esters is 1. The van der Waals surface area contributed by atoms with Crippen molar-refractivity contribution in [3.05, 3.63) is 51.9 Å². The maximum absolute atomic E-state index is 12.5. The normalized spacial score (nSPS) is 17.6. The van der Waals surface area contributed by atoms with E-state index in [9.17, 15) is 14.4 Å². The standard InChI is InChI=1S/C25H29N3O4S/c1-2-32-25(31)21-19-10-6-7-11-20(19)33-24(21)26-22(29)23(30)28-27-18-14-12-17(13-15-18)16-8-4-3-5-9-16/h3-5,8-9,17H,2,6-7,10-15H2,1H3,(H,26,29)(H,28,30). The number of hydrogen-bond donors (Lipinski definition) is 2. The number of benzene rings is 1. The molecule has 1 fully saturated rings. The zero-order valence-corrected chi connectivity index (χ0v) is 19.6. The topological polar surface area (TPSA) is 96.9 Å². The Hall–Kier alpha value is -3.00. The SMILES string of the molecule is CCOC(=O)c1c(NC(=O)C(=O)NN=C2CCC(c3ccccc3)CC2)sc2c1CCCC2. The van der Waals surface area contributed by atoms with E-state index in [1.807, 2.05) is 6.07 Å². The summed E-state index contributed by atoms with van der Waals surface area (Å²) in [5.41, 5.74) is 5.94. The molecule has 0 aliphatic heterocycles. The molecule has 33 heavy (non-hydrogen) atoms. The summed E-state index contributed by atoms with van der Waals surface area (Å²) < 4.78 is 5.20. The van der Waals surface area contributed by atoms with Gasteiger partial charge >= 0.3 is 17.8 Å². The second kappa shape index (κ2) is 10.7. The molecule has 1 aromatic heterocycles. The lowest BCUT2D eigenvalue weighted by molar-refractivity contribution is -0.136. The highest BCUT2D eigenvalue weighted by atomic mass is 32.1. The number of nitrogens with one attached hydrogen (secondary N) is 2. The predicted molar refractivity (Wildman–Crippen MR) is 129 cm³/mol. The first kappa shape index (κ1) is 23.2. The van der Waals surface area contributed by atoms with Crippen LogP contribution in [0.25, 0.3) is 0 Å². The van der Waals surface area contributed by atoms with Crippen LogP contribution in [-0.4, -0.2) is 30.1 Å². The fourth-order valence-corrected chi connectivity index (χ4v) is 5.81. The Bertz CT molecular complexity index is 1050. The smallest absolute Gasteiger partial charge is 0.341 e. The minimum absolute atomic E-state index is 0.250. The van der Waals surface area contributed by atoms with Crippen molar-refractivity contribution in [2.24, 2.45) is 5.10 Å². The minimum atomic E-state index is -0.839. The molecule has 8 heteroatoms. The molecule has 0 bridgehead atoms. The molecular weight excluding hydrogens is 438 g/mol. The largest absolute Gasteiger partial charge is 0.462 e. The van der Waals surface area contributed by atoms with E-state index in [1.165, 1.54) is 16.9 Å². The van der Waals surface area contributed by atoms with Crippen LogP contribution in [0.5, 0.6) is 0 Å². The number of thiophene rings is 1. The molecule has 2 aliphatic carbocycles. The first-order valence-electron chi connectivity index (χ1n) is 11.6. The van der Waals surface area contributed by atoms with Gasteiger partial charge in [-0.25, -0.2) is 10.2 Å². The lowest BCUT2D eigenvalue weighted by Crippen LogP contribution is -2.33. The Morgan fingerprint density at radius 3 is 2.48 bits per heavy atom. The Morgan fingerprint density at radius 1 is 1.03 bits per heavy atom. The summed E-state index contributed by atoms with van der Waals surface area (Å²) in [5.74, 6) is -1.63. The molecule has 4 rings (SSSR count). The molecule has 7 nitrogen and oxygen atoms in total. The third kappa shape index (κ3) is 5.50. The molecule has 2 N–H and O–H groups in total. The van der Waals surface area contributed by atoms with Crippen LogP contribution in [0.2, 0.25) is 0 Å². The van der Waals surface area contributed by atoms with Gasteiger partial charge in [0.1, 0.15) is 5.00 Å². The number of ether oxygens (including phenoxy) is 1. The molecular formula is C25H29N3O4S. The molecule has 2 aliphatic rings. The van der Waals surface area contributed by atoms with Gasteiger partial charge in [-0.2, -0.15) is 5.10 Å². The molecule has 0 spiro atoms. The number of rotatable bonds is 5. The Balaban J connectivity index is 1.36. The summed E-state index contributed by atoms with van der Waals surface area (Å²) in [5, 5.41) is 7.20. The Labute approximate surface area is 197 Å². The Morgan fingerprint density at radius 2 is 1.76 bits per heavy atom. The molecule has 2 amide bonds. The van der Waals surface area contributed by atoms with Crippen LogP contribution in [0.4, 0.5) is 5.00 Å². The summed E-state index contributed by atoms with van der Waals surface area (Å²) >= 11 is 1.36. The number of carbonyl (C=O) groups is 3. The van der Waals surface area contributed by atoms with E-state index in [0.29, 0.717) is 16.5 Å². The van der Waals surface area contributed by atoms with E-state index in [-0.39, 0.29) is 6.61 Å². The van der Waals surface area contributed by atoms with Crippen LogP contribution in [0, 0.1) is 0 Å². The van der Waals surface area contributed by atoms with Gasteiger partial charge in [0.05, 0.1) is 12.2 Å². The van der Waals surface area contributed by atoms with Gasteiger partial charge in [-0.1, -0.05) is 30.3 Å². The number of hydrogen-bond acceptors (Lipinski definition) is 6. The fraction of sp³-hybridized carbons (Fsp3) is 0.440. The van der Waals surface area contributed by atoms with Crippen molar-refractivity contribution in [2.75, 3.05) is 11.9 Å². The van der Waals surface area contributed by atoms with Gasteiger partial charge < -0.3 is 10.1 Å². The predicted octanol–water partition coefficient (Wildman–Crippen LogP) is 4.57. The van der Waals surface area contributed by atoms with Gasteiger partial charge in [0.25, 0.3) is 0 Å². The summed E-state index contributed by atoms with van der Waals surface area (Å²) in [6, 6.07) is 10.4. The highest BCUT2D eigenvalue weighted by molar-refractivity contribution is 7.17. The third-order valence-electron chi connectivity index (χ3n) is 6.23. The molecule has 1 aromatic carbocycles. The van der Waals surface area contributed by atoms with Crippen molar-refractivity contribution < 1.29 is 19.1 Å². The number of amides is 2. The number of fused-ring (bicyclic) bond motifs is 1. The van der Waals surface area contributed by atoms with Gasteiger partial charge in [0.15, 0.2) is 0 Å². The van der Waals surface area contributed by atoms with Gasteiger partial charge in [-0.15, -0.1) is 11.3 Å². The summed E-state index contributed by atoms with van der Waals surface area (Å²) in [4.78, 5) is 38.5. The van der Waals surface area contributed by atoms with Crippen LogP contribution in [0.1, 0.15) is 77.7 Å². The first-order valence-corrected chi connectivity index (χ1v) is 12.4. The van der Waals surface area contributed by atoms with Gasteiger partial charge in [-0.05, 0) is 75.3 Å². The number of nitrogens with zero attached hydrogens (tertiary/aromatic N) is 1. The number of aryl methyl sites for hydroxylation is 1. The first-order chi connectivity index (χ1) is 16.1. The maximum Gasteiger partial charge on any atom is 0.341 e. The fourth-order valence-electron chi connectivity index (χ4n) is 4.53. The second-order valence-corrected chi connectivity index (χ2v) is 9.50. The van der Waals surface area contributed by atoms with Crippen LogP contribution >= 0.6 is 11.3 Å². The van der Waals surface area contributed by atoms with E-state index in [1.54, 1.807) is 6.92 Å². The molecule has 2 aromatic rings. The van der Waals surface area contributed by atoms with E-state index in [4.69, 9.17) is 4.74 Å². The van der Waals surface area contributed by atoms with E-state index in [0.717, 1.165) is 67.5 Å². The van der Waals surface area contributed by atoms with Crippen molar-refractivity contribution >= 4 is 39.8 Å². The third-order valence-corrected chi connectivity index (χ3v) is 7.44. The number of hydrazone groups is 1. The molecule has 1 heterocycles. The molecule has 0 saturated heterocycles. The van der Waals surface area contributed by atoms with E-state index >= 15 is 0 Å². The second-order valence-electron chi connectivity index (χ2n) is 8.39. The van der Waals surface area contributed by atoms with Gasteiger partial charge in [0.2, 0.25) is 0 Å². The average Bonchev–Trinajstić information content (AvgIpc) is 3.21. The molecule has 174 valence electrons. The van der Waals surface area contributed by atoms with Crippen molar-refractivity contribution in [3.8, 4) is 0 Å². The van der Waals surface area contributed by atoms with Gasteiger partial charge in [0, 0.05) is 10.6 Å². The highest BCUT2D eigenvalue weighted by Crippen LogP contribution is 2.38. The lowest BCUT2D eigenvalue weighted by atomic mass is 9.83. The van der Waals surface area contributed by atoms with Gasteiger partial charge in [-0.3, -0.25) is 9.59 Å². The summed E-state index contributed by atoms with van der Waals surface area (Å²) in [7, 11) is 0. The summed E-state index contributed by atoms with van der Waals surface area (Å²) in [6.45, 7) is 1.99. The number of carbonyl (C=O) groups excluding carboxylic acids is 3. The molecule has 0 radical (unpaired) electrons. The minimum Gasteiger partial charge on any atom is -0.462 e. The molecule has 1 saturated carbocycles. The zero-order valence-electron chi connectivity index (χ0n) is 18.8. The van der Waals surface area contributed by atoms with Crippen LogP contribution in [-0.2, 0) is 27.2 Å². The van der Waals surface area contributed by atoms with E-state index < -0.39 is 17.8 Å². The lowest BCUT2D eigenvalue weighted by Gasteiger charge is -2.23. The van der Waals surface area contributed by atoms with E-state index in [2.05, 4.69) is 40.1 Å².